The van der Waals surface area contributed by atoms with Gasteiger partial charge in [-0.1, -0.05) is 23.2 Å². The van der Waals surface area contributed by atoms with E-state index in [1.54, 1.807) is 6.07 Å². The second kappa shape index (κ2) is 9.06. The van der Waals surface area contributed by atoms with E-state index in [9.17, 15) is 20.0 Å². The number of nitrogens with zero attached hydrogens (tertiary/aromatic N) is 2. The van der Waals surface area contributed by atoms with E-state index >= 15 is 0 Å². The number of nitro groups is 1. The summed E-state index contributed by atoms with van der Waals surface area (Å²) in [5.41, 5.74) is 1.77. The van der Waals surface area contributed by atoms with Crippen molar-refractivity contribution in [1.82, 2.24) is 5.43 Å². The summed E-state index contributed by atoms with van der Waals surface area (Å²) in [5, 5.41) is 25.1. The summed E-state index contributed by atoms with van der Waals surface area (Å²) in [5.74, 6) is -0.735. The van der Waals surface area contributed by atoms with Crippen LogP contribution in [0, 0.1) is 10.1 Å². The number of aromatic hydroxyl groups is 1. The summed E-state index contributed by atoms with van der Waals surface area (Å²) >= 11 is 11.7. The van der Waals surface area contributed by atoms with Crippen molar-refractivity contribution in [1.29, 1.82) is 0 Å². The van der Waals surface area contributed by atoms with E-state index < -0.39 is 17.4 Å². The molecule has 9 nitrogen and oxygen atoms in total. The highest BCUT2D eigenvalue weighted by molar-refractivity contribution is 6.35. The average molecular weight is 414 g/mol. The predicted octanol–water partition coefficient (Wildman–Crippen LogP) is 3.14. The second-order valence-electron chi connectivity index (χ2n) is 5.00. The lowest BCUT2D eigenvalue weighted by molar-refractivity contribution is -0.385. The number of hydrogen-bond donors (Lipinski definition) is 2. The molecule has 0 bridgehead atoms. The van der Waals surface area contributed by atoms with E-state index in [1.165, 1.54) is 19.2 Å². The Labute approximate surface area is 163 Å². The maximum absolute atomic E-state index is 11.7. The number of amides is 1. The van der Waals surface area contributed by atoms with Crippen molar-refractivity contribution in [3.05, 3.63) is 56.1 Å². The third-order valence-corrected chi connectivity index (χ3v) is 3.70. The molecule has 2 aromatic carbocycles. The minimum Gasteiger partial charge on any atom is -0.504 e. The molecular weight excluding hydrogens is 401 g/mol. The first kappa shape index (κ1) is 20.3. The lowest BCUT2D eigenvalue weighted by Gasteiger charge is -2.07. The lowest BCUT2D eigenvalue weighted by Crippen LogP contribution is -2.24. The number of nitrogens with one attached hydrogen (secondary N) is 1. The van der Waals surface area contributed by atoms with Gasteiger partial charge in [0.15, 0.2) is 18.1 Å². The van der Waals surface area contributed by atoms with Gasteiger partial charge in [-0.05, 0) is 24.3 Å². The second-order valence-corrected chi connectivity index (χ2v) is 5.84. The molecule has 0 saturated carbocycles. The normalized spacial score (nSPS) is 10.6. The van der Waals surface area contributed by atoms with Crippen LogP contribution in [0.2, 0.25) is 10.0 Å². The zero-order chi connectivity index (χ0) is 20.0. The summed E-state index contributed by atoms with van der Waals surface area (Å²) in [7, 11) is 1.26. The monoisotopic (exact) mass is 413 g/mol. The van der Waals surface area contributed by atoms with Gasteiger partial charge in [0.05, 0.1) is 34.9 Å². The molecule has 2 N–H and O–H groups in total. The Hall–Kier alpha value is -3.04. The van der Waals surface area contributed by atoms with Crippen LogP contribution < -0.4 is 14.9 Å². The summed E-state index contributed by atoms with van der Waals surface area (Å²) in [4.78, 5) is 22.2. The van der Waals surface area contributed by atoms with Crippen molar-refractivity contribution < 1.29 is 24.3 Å². The van der Waals surface area contributed by atoms with Crippen LogP contribution in [0.15, 0.2) is 35.4 Å². The molecule has 0 fully saturated rings. The molecule has 0 unspecified atom stereocenters. The molecule has 2 rings (SSSR count). The standard InChI is InChI=1S/C16H13Cl2N3O6/c1-26-15-6-12(21(24)25)9(4-13(15)22)7-19-20-16(23)8-27-14-3-2-10(17)5-11(14)18/h2-7,22H,8H2,1H3,(H,20,23)/b19-7+. The zero-order valence-corrected chi connectivity index (χ0v) is 15.3. The molecule has 0 radical (unpaired) electrons. The first-order valence-corrected chi connectivity index (χ1v) is 8.02. The number of hydrogen-bond acceptors (Lipinski definition) is 7. The Morgan fingerprint density at radius 3 is 2.70 bits per heavy atom. The molecule has 0 aromatic heterocycles. The van der Waals surface area contributed by atoms with E-state index in [2.05, 4.69) is 10.5 Å². The number of carbonyl (C=O) groups is 1. The van der Waals surface area contributed by atoms with Crippen molar-refractivity contribution in [2.45, 2.75) is 0 Å². The first-order valence-electron chi connectivity index (χ1n) is 7.27. The number of hydrazone groups is 1. The average Bonchev–Trinajstić information content (AvgIpc) is 2.61. The molecule has 0 aliphatic heterocycles. The lowest BCUT2D eigenvalue weighted by atomic mass is 10.1. The SMILES string of the molecule is COc1cc([N+](=O)[O-])c(/C=N/NC(=O)COc2ccc(Cl)cc2Cl)cc1O. The first-order chi connectivity index (χ1) is 12.8. The Bertz CT molecular complexity index is 904. The molecule has 0 saturated heterocycles. The van der Waals surface area contributed by atoms with E-state index in [4.69, 9.17) is 32.7 Å². The summed E-state index contributed by atoms with van der Waals surface area (Å²) in [6.45, 7) is -0.394. The van der Waals surface area contributed by atoms with E-state index in [-0.39, 0.29) is 33.5 Å². The van der Waals surface area contributed by atoms with Gasteiger partial charge >= 0.3 is 0 Å². The quantitative estimate of drug-likeness (QED) is 0.408. The van der Waals surface area contributed by atoms with Crippen molar-refractivity contribution in [3.63, 3.8) is 0 Å². The van der Waals surface area contributed by atoms with Crippen molar-refractivity contribution >= 4 is 41.0 Å². The summed E-state index contributed by atoms with van der Waals surface area (Å²) in [6.07, 6.45) is 1.02. The zero-order valence-electron chi connectivity index (χ0n) is 13.8. The minimum absolute atomic E-state index is 0.0275. The van der Waals surface area contributed by atoms with Gasteiger partial charge in [0, 0.05) is 5.02 Å². The Kier molecular flexibility index (Phi) is 6.80. The van der Waals surface area contributed by atoms with Gasteiger partial charge in [0.25, 0.3) is 11.6 Å². The van der Waals surface area contributed by atoms with Gasteiger partial charge < -0.3 is 14.6 Å². The molecule has 0 aliphatic rings. The maximum atomic E-state index is 11.7. The molecule has 27 heavy (non-hydrogen) atoms. The summed E-state index contributed by atoms with van der Waals surface area (Å²) in [6, 6.07) is 6.66. The molecular formula is C16H13Cl2N3O6. The van der Waals surface area contributed by atoms with Crippen LogP contribution in [-0.4, -0.2) is 35.9 Å². The number of halogens is 2. The molecule has 0 atom stereocenters. The number of nitro benzene ring substituents is 1. The van der Waals surface area contributed by atoms with Crippen molar-refractivity contribution in [3.8, 4) is 17.2 Å². The van der Waals surface area contributed by atoms with Crippen LogP contribution in [0.3, 0.4) is 0 Å². The summed E-state index contributed by atoms with van der Waals surface area (Å²) < 4.78 is 10.0. The molecule has 11 heteroatoms. The molecule has 2 aromatic rings. The number of ether oxygens (including phenoxy) is 2. The van der Waals surface area contributed by atoms with Gasteiger partial charge in [-0.15, -0.1) is 0 Å². The highest BCUT2D eigenvalue weighted by Crippen LogP contribution is 2.32. The number of phenolic OH excluding ortho intramolecular Hbond substituents is 1. The van der Waals surface area contributed by atoms with E-state index in [0.717, 1.165) is 18.3 Å². The van der Waals surface area contributed by atoms with Gasteiger partial charge in [-0.3, -0.25) is 14.9 Å². The number of phenols is 1. The van der Waals surface area contributed by atoms with Crippen LogP contribution in [0.25, 0.3) is 0 Å². The fourth-order valence-electron chi connectivity index (χ4n) is 1.94. The van der Waals surface area contributed by atoms with Gasteiger partial charge in [-0.2, -0.15) is 5.10 Å². The highest BCUT2D eigenvalue weighted by atomic mass is 35.5. The number of benzene rings is 2. The third-order valence-electron chi connectivity index (χ3n) is 3.17. The van der Waals surface area contributed by atoms with E-state index in [1.807, 2.05) is 0 Å². The molecule has 0 spiro atoms. The Balaban J connectivity index is 2.01. The smallest absolute Gasteiger partial charge is 0.282 e. The molecule has 142 valence electrons. The largest absolute Gasteiger partial charge is 0.504 e. The van der Waals surface area contributed by atoms with Crippen molar-refractivity contribution in [2.24, 2.45) is 5.10 Å². The Morgan fingerprint density at radius 1 is 1.33 bits per heavy atom. The van der Waals surface area contributed by atoms with Crippen molar-refractivity contribution in [2.75, 3.05) is 13.7 Å². The van der Waals surface area contributed by atoms with E-state index in [0.29, 0.717) is 5.02 Å². The third kappa shape index (κ3) is 5.47. The number of carbonyl (C=O) groups excluding carboxylic acids is 1. The highest BCUT2D eigenvalue weighted by Gasteiger charge is 2.17. The van der Waals surface area contributed by atoms with Crippen LogP contribution in [0.1, 0.15) is 5.56 Å². The maximum Gasteiger partial charge on any atom is 0.282 e. The van der Waals surface area contributed by atoms with Crippen LogP contribution in [0.5, 0.6) is 17.2 Å². The number of methoxy groups -OCH3 is 1. The van der Waals surface area contributed by atoms with Gasteiger partial charge in [-0.25, -0.2) is 5.43 Å². The van der Waals surface area contributed by atoms with Crippen LogP contribution in [-0.2, 0) is 4.79 Å². The fourth-order valence-corrected chi connectivity index (χ4v) is 2.40. The van der Waals surface area contributed by atoms with Crippen LogP contribution in [0.4, 0.5) is 5.69 Å². The molecule has 0 heterocycles. The Morgan fingerprint density at radius 2 is 2.07 bits per heavy atom. The van der Waals surface area contributed by atoms with Gasteiger partial charge in [0.1, 0.15) is 5.75 Å². The van der Waals surface area contributed by atoms with Gasteiger partial charge in [0.2, 0.25) is 0 Å². The minimum atomic E-state index is -0.670. The molecule has 1 amide bonds. The molecule has 0 aliphatic carbocycles. The predicted molar refractivity (Wildman–Crippen MR) is 99.0 cm³/mol. The van der Waals surface area contributed by atoms with Crippen LogP contribution >= 0.6 is 23.2 Å². The number of rotatable bonds is 7. The fraction of sp³-hybridized carbons (Fsp3) is 0.125. The topological polar surface area (TPSA) is 123 Å².